The number of anilines is 1. The average Bonchev–Trinajstić information content (AvgIpc) is 3.23. The molecule has 0 radical (unpaired) electrons. The SMILES string of the molecule is COc1cc(C)cc2cc(-c3cc(CCCC(N)=O)n4ncnc(N)c34)sc12. The lowest BCUT2D eigenvalue weighted by molar-refractivity contribution is -0.118. The predicted molar refractivity (Wildman–Crippen MR) is 112 cm³/mol. The van der Waals surface area contributed by atoms with Gasteiger partial charge in [0, 0.05) is 22.6 Å². The van der Waals surface area contributed by atoms with Gasteiger partial charge < -0.3 is 16.2 Å². The molecule has 0 bridgehead atoms. The first-order valence-corrected chi connectivity index (χ1v) is 9.77. The lowest BCUT2D eigenvalue weighted by Crippen LogP contribution is -2.10. The van der Waals surface area contributed by atoms with Gasteiger partial charge in [-0.2, -0.15) is 5.10 Å². The van der Waals surface area contributed by atoms with Crippen molar-refractivity contribution in [2.24, 2.45) is 5.73 Å². The molecule has 1 aromatic carbocycles. The van der Waals surface area contributed by atoms with Gasteiger partial charge in [-0.05, 0) is 48.9 Å². The van der Waals surface area contributed by atoms with E-state index in [-0.39, 0.29) is 5.91 Å². The van der Waals surface area contributed by atoms with Crippen molar-refractivity contribution in [2.45, 2.75) is 26.2 Å². The molecule has 0 fully saturated rings. The summed E-state index contributed by atoms with van der Waals surface area (Å²) in [6.45, 7) is 2.05. The van der Waals surface area contributed by atoms with Crippen molar-refractivity contribution in [3.8, 4) is 16.2 Å². The molecule has 8 heteroatoms. The van der Waals surface area contributed by atoms with Gasteiger partial charge in [-0.1, -0.05) is 6.07 Å². The molecule has 3 aromatic heterocycles. The van der Waals surface area contributed by atoms with Crippen molar-refractivity contribution >= 4 is 38.7 Å². The van der Waals surface area contributed by atoms with Gasteiger partial charge in [-0.25, -0.2) is 9.50 Å². The standard InChI is InChI=1S/C20H21N5O2S/c1-11-6-12-8-16(28-19(12)15(7-11)27-2)14-9-13(4-3-5-17(21)26)25-18(14)20(22)23-10-24-25/h6-10H,3-5H2,1-2H3,(H2,21,26)(H2,22,23,24). The van der Waals surface area contributed by atoms with E-state index in [9.17, 15) is 4.79 Å². The number of hydrogen-bond acceptors (Lipinski definition) is 6. The van der Waals surface area contributed by atoms with E-state index in [2.05, 4.69) is 35.2 Å². The third-order valence-electron chi connectivity index (χ3n) is 4.72. The molecule has 144 valence electrons. The smallest absolute Gasteiger partial charge is 0.217 e. The van der Waals surface area contributed by atoms with Gasteiger partial charge in [0.05, 0.1) is 11.8 Å². The first-order chi connectivity index (χ1) is 13.5. The zero-order valence-corrected chi connectivity index (χ0v) is 16.5. The van der Waals surface area contributed by atoms with Gasteiger partial charge in [0.25, 0.3) is 0 Å². The number of carbonyl (C=O) groups is 1. The topological polar surface area (TPSA) is 109 Å². The molecule has 4 aromatic rings. The molecule has 7 nitrogen and oxygen atoms in total. The summed E-state index contributed by atoms with van der Waals surface area (Å²) in [5.74, 6) is 0.981. The van der Waals surface area contributed by atoms with Gasteiger partial charge in [0.1, 0.15) is 17.6 Å². The summed E-state index contributed by atoms with van der Waals surface area (Å²) >= 11 is 1.65. The molecule has 0 aliphatic heterocycles. The van der Waals surface area contributed by atoms with Crippen molar-refractivity contribution < 1.29 is 9.53 Å². The third-order valence-corrected chi connectivity index (χ3v) is 5.92. The fourth-order valence-corrected chi connectivity index (χ4v) is 4.64. The van der Waals surface area contributed by atoms with E-state index >= 15 is 0 Å². The summed E-state index contributed by atoms with van der Waals surface area (Å²) in [5, 5.41) is 5.50. The van der Waals surface area contributed by atoms with Crippen molar-refractivity contribution in [3.05, 3.63) is 41.9 Å². The van der Waals surface area contributed by atoms with Crippen LogP contribution in [-0.4, -0.2) is 27.6 Å². The van der Waals surface area contributed by atoms with Crippen LogP contribution in [0.15, 0.2) is 30.6 Å². The lowest BCUT2D eigenvalue weighted by atomic mass is 10.1. The van der Waals surface area contributed by atoms with E-state index in [1.54, 1.807) is 18.4 Å². The summed E-state index contributed by atoms with van der Waals surface area (Å²) < 4.78 is 8.46. The molecule has 0 aliphatic rings. The van der Waals surface area contributed by atoms with E-state index in [0.29, 0.717) is 25.1 Å². The Hall–Kier alpha value is -3.13. The normalized spacial score (nSPS) is 11.4. The van der Waals surface area contributed by atoms with Crippen molar-refractivity contribution in [2.75, 3.05) is 12.8 Å². The van der Waals surface area contributed by atoms with Crippen LogP contribution in [0.5, 0.6) is 5.75 Å². The Balaban J connectivity index is 1.86. The van der Waals surface area contributed by atoms with Crippen LogP contribution < -0.4 is 16.2 Å². The summed E-state index contributed by atoms with van der Waals surface area (Å²) in [6.07, 6.45) is 3.11. The second kappa shape index (κ2) is 7.12. The highest BCUT2D eigenvalue weighted by atomic mass is 32.1. The van der Waals surface area contributed by atoms with Gasteiger partial charge in [-0.15, -0.1) is 11.3 Å². The van der Waals surface area contributed by atoms with Crippen molar-refractivity contribution in [1.82, 2.24) is 14.6 Å². The van der Waals surface area contributed by atoms with Crippen LogP contribution in [0.2, 0.25) is 0 Å². The van der Waals surface area contributed by atoms with Gasteiger partial charge in [0.2, 0.25) is 5.91 Å². The van der Waals surface area contributed by atoms with Crippen LogP contribution in [0.25, 0.3) is 26.0 Å². The van der Waals surface area contributed by atoms with Crippen LogP contribution in [0.3, 0.4) is 0 Å². The second-order valence-corrected chi connectivity index (χ2v) is 7.82. The molecule has 0 saturated heterocycles. The maximum atomic E-state index is 11.1. The molecular formula is C20H21N5O2S. The minimum Gasteiger partial charge on any atom is -0.495 e. The number of primary amides is 1. The Morgan fingerprint density at radius 3 is 2.86 bits per heavy atom. The lowest BCUT2D eigenvalue weighted by Gasteiger charge is -2.02. The number of nitrogens with two attached hydrogens (primary N) is 2. The number of fused-ring (bicyclic) bond motifs is 2. The zero-order chi connectivity index (χ0) is 19.8. The summed E-state index contributed by atoms with van der Waals surface area (Å²) in [4.78, 5) is 16.3. The average molecular weight is 395 g/mol. The minimum absolute atomic E-state index is 0.304. The molecular weight excluding hydrogens is 374 g/mol. The number of methoxy groups -OCH3 is 1. The maximum absolute atomic E-state index is 11.1. The van der Waals surface area contributed by atoms with Crippen LogP contribution in [0.1, 0.15) is 24.1 Å². The van der Waals surface area contributed by atoms with E-state index < -0.39 is 0 Å². The number of hydrogen-bond donors (Lipinski definition) is 2. The van der Waals surface area contributed by atoms with E-state index in [1.807, 2.05) is 10.6 Å². The molecule has 4 N–H and O–H groups in total. The maximum Gasteiger partial charge on any atom is 0.217 e. The summed E-state index contributed by atoms with van der Waals surface area (Å²) in [5.41, 5.74) is 15.3. The fourth-order valence-electron chi connectivity index (χ4n) is 3.49. The Labute approximate surface area is 165 Å². The van der Waals surface area contributed by atoms with Gasteiger partial charge >= 0.3 is 0 Å². The number of nitrogen functional groups attached to an aromatic ring is 1. The van der Waals surface area contributed by atoms with E-state index in [0.717, 1.165) is 43.1 Å². The number of carbonyl (C=O) groups excluding carboxylic acids is 1. The molecule has 0 atom stereocenters. The number of amides is 1. The Kier molecular flexibility index (Phi) is 4.64. The highest BCUT2D eigenvalue weighted by Gasteiger charge is 2.18. The molecule has 0 aliphatic carbocycles. The first-order valence-electron chi connectivity index (χ1n) is 8.96. The van der Waals surface area contributed by atoms with Gasteiger partial charge in [-0.3, -0.25) is 4.79 Å². The summed E-state index contributed by atoms with van der Waals surface area (Å²) in [7, 11) is 1.68. The molecule has 28 heavy (non-hydrogen) atoms. The van der Waals surface area contributed by atoms with Crippen LogP contribution in [-0.2, 0) is 11.2 Å². The predicted octanol–water partition coefficient (Wildman–Crippen LogP) is 3.32. The van der Waals surface area contributed by atoms with Crippen LogP contribution in [0, 0.1) is 6.92 Å². The fraction of sp³-hybridized carbons (Fsp3) is 0.250. The summed E-state index contributed by atoms with van der Waals surface area (Å²) in [6, 6.07) is 8.40. The Morgan fingerprint density at radius 2 is 2.11 bits per heavy atom. The molecule has 1 amide bonds. The molecule has 3 heterocycles. The molecule has 0 unspecified atom stereocenters. The van der Waals surface area contributed by atoms with Crippen LogP contribution >= 0.6 is 11.3 Å². The largest absolute Gasteiger partial charge is 0.495 e. The molecule has 0 saturated carbocycles. The van der Waals surface area contributed by atoms with E-state index in [1.165, 1.54) is 6.33 Å². The van der Waals surface area contributed by atoms with Crippen molar-refractivity contribution in [3.63, 3.8) is 0 Å². The number of aromatic nitrogens is 3. The molecule has 4 rings (SSSR count). The van der Waals surface area contributed by atoms with E-state index in [4.69, 9.17) is 16.2 Å². The third kappa shape index (κ3) is 3.16. The highest BCUT2D eigenvalue weighted by Crippen LogP contribution is 2.42. The first kappa shape index (κ1) is 18.2. The number of aryl methyl sites for hydroxylation is 2. The second-order valence-electron chi connectivity index (χ2n) is 6.77. The Bertz CT molecular complexity index is 1190. The quantitative estimate of drug-likeness (QED) is 0.521. The number of benzene rings is 1. The number of ether oxygens (including phenoxy) is 1. The molecule has 0 spiro atoms. The minimum atomic E-state index is -0.304. The van der Waals surface area contributed by atoms with Crippen LogP contribution in [0.4, 0.5) is 5.82 Å². The highest BCUT2D eigenvalue weighted by molar-refractivity contribution is 7.22. The Morgan fingerprint density at radius 1 is 1.29 bits per heavy atom. The monoisotopic (exact) mass is 395 g/mol. The van der Waals surface area contributed by atoms with Gasteiger partial charge in [0.15, 0.2) is 5.82 Å². The number of rotatable bonds is 6. The number of nitrogens with zero attached hydrogens (tertiary/aromatic N) is 3. The van der Waals surface area contributed by atoms with Crippen molar-refractivity contribution in [1.29, 1.82) is 0 Å². The number of thiophene rings is 1. The zero-order valence-electron chi connectivity index (χ0n) is 15.7.